The van der Waals surface area contributed by atoms with E-state index in [0.717, 1.165) is 5.69 Å². The van der Waals surface area contributed by atoms with Crippen LogP contribution < -0.4 is 5.32 Å². The molecule has 2 N–H and O–H groups in total. The van der Waals surface area contributed by atoms with Crippen molar-refractivity contribution in [2.75, 3.05) is 19.4 Å². The number of H-pyrrole nitrogens is 1. The minimum absolute atomic E-state index is 0.317. The molecule has 5 nitrogen and oxygen atoms in total. The van der Waals surface area contributed by atoms with E-state index in [4.69, 9.17) is 0 Å². The van der Waals surface area contributed by atoms with Gasteiger partial charge in [-0.2, -0.15) is 5.10 Å². The molecule has 0 spiro atoms. The molecule has 0 aliphatic carbocycles. The molecule has 1 aromatic heterocycles. The predicted octanol–water partition coefficient (Wildman–Crippen LogP) is 1.86. The SMILES string of the molecule is CN(C)Cc1cc(NC(=O)c2ccc(F)cc2)n[nH]1. The van der Waals surface area contributed by atoms with E-state index in [1.165, 1.54) is 24.3 Å². The first-order valence-corrected chi connectivity index (χ1v) is 5.80. The van der Waals surface area contributed by atoms with E-state index in [-0.39, 0.29) is 11.7 Å². The number of nitrogens with zero attached hydrogens (tertiary/aromatic N) is 2. The third-order valence-electron chi connectivity index (χ3n) is 2.47. The summed E-state index contributed by atoms with van der Waals surface area (Å²) in [6, 6.07) is 7.12. The van der Waals surface area contributed by atoms with Gasteiger partial charge in [0.2, 0.25) is 0 Å². The topological polar surface area (TPSA) is 61.0 Å². The Morgan fingerprint density at radius 3 is 2.68 bits per heavy atom. The van der Waals surface area contributed by atoms with Gasteiger partial charge in [-0.05, 0) is 38.4 Å². The van der Waals surface area contributed by atoms with Crippen molar-refractivity contribution >= 4 is 11.7 Å². The molecule has 0 aliphatic heterocycles. The third-order valence-corrected chi connectivity index (χ3v) is 2.47. The zero-order chi connectivity index (χ0) is 13.8. The molecule has 100 valence electrons. The number of nitrogens with one attached hydrogen (secondary N) is 2. The largest absolute Gasteiger partial charge is 0.305 e. The van der Waals surface area contributed by atoms with Crippen LogP contribution in [-0.4, -0.2) is 35.1 Å². The molecule has 0 radical (unpaired) electrons. The van der Waals surface area contributed by atoms with Gasteiger partial charge in [0, 0.05) is 18.2 Å². The lowest BCUT2D eigenvalue weighted by Crippen LogP contribution is -2.12. The van der Waals surface area contributed by atoms with Gasteiger partial charge in [-0.3, -0.25) is 9.89 Å². The first-order valence-electron chi connectivity index (χ1n) is 5.80. The molecule has 0 atom stereocenters. The van der Waals surface area contributed by atoms with Crippen LogP contribution in [0, 0.1) is 5.82 Å². The molecular weight excluding hydrogens is 247 g/mol. The van der Waals surface area contributed by atoms with Crippen molar-refractivity contribution in [1.29, 1.82) is 0 Å². The number of amides is 1. The lowest BCUT2D eigenvalue weighted by atomic mass is 10.2. The molecule has 0 fully saturated rings. The van der Waals surface area contributed by atoms with Gasteiger partial charge in [0.05, 0.1) is 5.69 Å². The number of aromatic nitrogens is 2. The molecular formula is C13H15FN4O. The number of carbonyl (C=O) groups is 1. The second kappa shape index (κ2) is 5.62. The number of hydrogen-bond acceptors (Lipinski definition) is 3. The van der Waals surface area contributed by atoms with Crippen LogP contribution in [0.3, 0.4) is 0 Å². The van der Waals surface area contributed by atoms with Crippen LogP contribution in [0.4, 0.5) is 10.2 Å². The first-order chi connectivity index (χ1) is 9.04. The summed E-state index contributed by atoms with van der Waals surface area (Å²) in [4.78, 5) is 13.8. The quantitative estimate of drug-likeness (QED) is 0.884. The van der Waals surface area contributed by atoms with Gasteiger partial charge in [-0.25, -0.2) is 4.39 Å². The Labute approximate surface area is 110 Å². The van der Waals surface area contributed by atoms with E-state index in [1.807, 2.05) is 19.0 Å². The fraction of sp³-hybridized carbons (Fsp3) is 0.231. The number of carbonyl (C=O) groups excluding carboxylic acids is 1. The number of rotatable bonds is 4. The summed E-state index contributed by atoms with van der Waals surface area (Å²) in [6.07, 6.45) is 0. The van der Waals surface area contributed by atoms with Crippen LogP contribution in [0.1, 0.15) is 16.1 Å². The molecule has 1 aromatic carbocycles. The molecule has 0 bridgehead atoms. The second-order valence-electron chi connectivity index (χ2n) is 4.48. The highest BCUT2D eigenvalue weighted by atomic mass is 19.1. The second-order valence-corrected chi connectivity index (χ2v) is 4.48. The molecule has 0 aliphatic rings. The summed E-state index contributed by atoms with van der Waals surface area (Å²) in [5, 5.41) is 9.48. The minimum atomic E-state index is -0.371. The van der Waals surface area contributed by atoms with Gasteiger partial charge in [0.15, 0.2) is 5.82 Å². The van der Waals surface area contributed by atoms with Crippen LogP contribution in [0.15, 0.2) is 30.3 Å². The summed E-state index contributed by atoms with van der Waals surface area (Å²) in [7, 11) is 3.88. The van der Waals surface area contributed by atoms with Crippen molar-refractivity contribution in [3.8, 4) is 0 Å². The molecule has 0 saturated heterocycles. The van der Waals surface area contributed by atoms with Crippen LogP contribution >= 0.6 is 0 Å². The van der Waals surface area contributed by atoms with Gasteiger partial charge in [0.25, 0.3) is 5.91 Å². The third kappa shape index (κ3) is 3.62. The lowest BCUT2D eigenvalue weighted by Gasteiger charge is -2.05. The molecule has 1 amide bonds. The molecule has 0 unspecified atom stereocenters. The Morgan fingerprint density at radius 2 is 2.05 bits per heavy atom. The molecule has 1 heterocycles. The van der Waals surface area contributed by atoms with E-state index >= 15 is 0 Å². The van der Waals surface area contributed by atoms with Gasteiger partial charge >= 0.3 is 0 Å². The van der Waals surface area contributed by atoms with Gasteiger partial charge in [0.1, 0.15) is 5.82 Å². The van der Waals surface area contributed by atoms with Crippen LogP contribution in [0.2, 0.25) is 0 Å². The number of benzene rings is 1. The average molecular weight is 262 g/mol. The van der Waals surface area contributed by atoms with Crippen LogP contribution in [0.25, 0.3) is 0 Å². The number of halogens is 1. The fourth-order valence-corrected chi connectivity index (χ4v) is 1.64. The highest BCUT2D eigenvalue weighted by molar-refractivity contribution is 6.03. The standard InChI is InChI=1S/C13H15FN4O/c1-18(2)8-11-7-12(17-16-11)15-13(19)9-3-5-10(14)6-4-9/h3-7H,8H2,1-2H3,(H2,15,16,17,19). The maximum absolute atomic E-state index is 12.7. The van der Waals surface area contributed by atoms with Crippen molar-refractivity contribution in [3.05, 3.63) is 47.4 Å². The Hall–Kier alpha value is -2.21. The number of aromatic amines is 1. The van der Waals surface area contributed by atoms with E-state index in [9.17, 15) is 9.18 Å². The van der Waals surface area contributed by atoms with E-state index < -0.39 is 0 Å². The van der Waals surface area contributed by atoms with E-state index in [0.29, 0.717) is 17.9 Å². The maximum atomic E-state index is 12.7. The molecule has 0 saturated carbocycles. The number of hydrogen-bond donors (Lipinski definition) is 2. The summed E-state index contributed by atoms with van der Waals surface area (Å²) in [5.74, 6) is -0.237. The monoisotopic (exact) mass is 262 g/mol. The zero-order valence-corrected chi connectivity index (χ0v) is 10.8. The van der Waals surface area contributed by atoms with Crippen molar-refractivity contribution in [3.63, 3.8) is 0 Å². The van der Waals surface area contributed by atoms with Crippen LogP contribution in [-0.2, 0) is 6.54 Å². The van der Waals surface area contributed by atoms with Gasteiger partial charge in [-0.15, -0.1) is 0 Å². The Morgan fingerprint density at radius 1 is 1.37 bits per heavy atom. The molecule has 2 rings (SSSR count). The Balaban J connectivity index is 2.02. The summed E-state index contributed by atoms with van der Waals surface area (Å²) < 4.78 is 12.7. The number of anilines is 1. The van der Waals surface area contributed by atoms with E-state index in [2.05, 4.69) is 15.5 Å². The highest BCUT2D eigenvalue weighted by Crippen LogP contribution is 2.10. The normalized spacial score (nSPS) is 10.7. The van der Waals surface area contributed by atoms with Crippen molar-refractivity contribution in [2.45, 2.75) is 6.54 Å². The van der Waals surface area contributed by atoms with Crippen molar-refractivity contribution in [1.82, 2.24) is 15.1 Å². The summed E-state index contributed by atoms with van der Waals surface area (Å²) in [5.41, 5.74) is 1.29. The first kappa shape index (κ1) is 13.2. The summed E-state index contributed by atoms with van der Waals surface area (Å²) in [6.45, 7) is 0.708. The van der Waals surface area contributed by atoms with Crippen molar-refractivity contribution in [2.24, 2.45) is 0 Å². The Bertz CT molecular complexity index is 562. The molecule has 2 aromatic rings. The molecule has 6 heteroatoms. The zero-order valence-electron chi connectivity index (χ0n) is 10.8. The Kier molecular flexibility index (Phi) is 3.91. The fourth-order valence-electron chi connectivity index (χ4n) is 1.64. The smallest absolute Gasteiger partial charge is 0.256 e. The van der Waals surface area contributed by atoms with Crippen molar-refractivity contribution < 1.29 is 9.18 Å². The molecule has 19 heavy (non-hydrogen) atoms. The van der Waals surface area contributed by atoms with Crippen LogP contribution in [0.5, 0.6) is 0 Å². The van der Waals surface area contributed by atoms with Gasteiger partial charge in [-0.1, -0.05) is 0 Å². The maximum Gasteiger partial charge on any atom is 0.256 e. The summed E-state index contributed by atoms with van der Waals surface area (Å²) >= 11 is 0. The average Bonchev–Trinajstić information content (AvgIpc) is 2.76. The van der Waals surface area contributed by atoms with Gasteiger partial charge < -0.3 is 10.2 Å². The van der Waals surface area contributed by atoms with E-state index in [1.54, 1.807) is 6.07 Å². The minimum Gasteiger partial charge on any atom is -0.305 e. The predicted molar refractivity (Wildman–Crippen MR) is 70.3 cm³/mol. The lowest BCUT2D eigenvalue weighted by molar-refractivity contribution is 0.102. The highest BCUT2D eigenvalue weighted by Gasteiger charge is 2.08.